The first-order valence-corrected chi connectivity index (χ1v) is 4.43. The van der Waals surface area contributed by atoms with Crippen molar-refractivity contribution >= 4 is 0 Å². The van der Waals surface area contributed by atoms with Crippen molar-refractivity contribution in [1.29, 1.82) is 0 Å². The Kier molecular flexibility index (Phi) is 4.74. The van der Waals surface area contributed by atoms with Crippen LogP contribution in [-0.2, 0) is 0 Å². The molecule has 0 aromatic rings. The van der Waals surface area contributed by atoms with Crippen molar-refractivity contribution in [3.05, 3.63) is 0 Å². The number of hydrogen-bond donors (Lipinski definition) is 0. The molecule has 0 aliphatic carbocycles. The molecule has 15 heteroatoms. The summed E-state index contributed by atoms with van der Waals surface area (Å²) in [6, 6.07) is 0. The van der Waals surface area contributed by atoms with Crippen molar-refractivity contribution in [2.45, 2.75) is 42.2 Å². The van der Waals surface area contributed by atoms with Gasteiger partial charge in [0.1, 0.15) is 0 Å². The Labute approximate surface area is 109 Å². The fourth-order valence-electron chi connectivity index (χ4n) is 1.12. The van der Waals surface area contributed by atoms with E-state index in [0.717, 1.165) is 0 Å². The molecule has 1 atom stereocenters. The molecule has 134 valence electrons. The van der Waals surface area contributed by atoms with Crippen molar-refractivity contribution in [1.82, 2.24) is 0 Å². The highest BCUT2D eigenvalue weighted by Gasteiger charge is 2.94. The van der Waals surface area contributed by atoms with Crippen LogP contribution in [-0.4, -0.2) is 42.2 Å². The quantitative estimate of drug-likeness (QED) is 0.612. The van der Waals surface area contributed by atoms with Gasteiger partial charge in [0.2, 0.25) is 0 Å². The predicted octanol–water partition coefficient (Wildman–Crippen LogP) is 4.99. The second-order valence-electron chi connectivity index (χ2n) is 3.73. The van der Waals surface area contributed by atoms with Crippen LogP contribution >= 0.6 is 0 Å². The summed E-state index contributed by atoms with van der Waals surface area (Å²) in [6.45, 7) is 0. The minimum atomic E-state index is -8.30. The summed E-state index contributed by atoms with van der Waals surface area (Å²) in [5.74, 6) is -23.9. The fourth-order valence-corrected chi connectivity index (χ4v) is 1.12. The zero-order valence-corrected chi connectivity index (χ0v) is 9.25. The molecule has 0 saturated heterocycles. The lowest BCUT2D eigenvalue weighted by atomic mass is 9.85. The number of rotatable bonds is 4. The third-order valence-corrected chi connectivity index (χ3v) is 2.31. The van der Waals surface area contributed by atoms with Crippen molar-refractivity contribution in [2.75, 3.05) is 0 Å². The maximum absolute atomic E-state index is 13.0. The first-order valence-electron chi connectivity index (χ1n) is 4.43. The highest BCUT2D eigenvalue weighted by molar-refractivity contribution is 5.16. The van der Waals surface area contributed by atoms with Gasteiger partial charge < -0.3 is 0 Å². The van der Waals surface area contributed by atoms with E-state index < -0.39 is 42.2 Å². The average Bonchev–Trinajstić information content (AvgIpc) is 2.23. The van der Waals surface area contributed by atoms with Crippen LogP contribution in [0.2, 0.25) is 0 Å². The number of alkyl halides is 15. The highest BCUT2D eigenvalue weighted by atomic mass is 19.4. The van der Waals surface area contributed by atoms with E-state index in [2.05, 4.69) is 0 Å². The van der Waals surface area contributed by atoms with Crippen LogP contribution in [0.3, 0.4) is 0 Å². The molecule has 0 N–H and O–H groups in total. The van der Waals surface area contributed by atoms with E-state index in [9.17, 15) is 65.9 Å². The lowest BCUT2D eigenvalue weighted by Gasteiger charge is -2.42. The average molecular weight is 370 g/mol. The monoisotopic (exact) mass is 370 g/mol. The highest BCUT2D eigenvalue weighted by Crippen LogP contribution is 2.62. The Balaban J connectivity index is 6.63. The van der Waals surface area contributed by atoms with E-state index in [-0.39, 0.29) is 0 Å². The molecular formula is C7HF15. The van der Waals surface area contributed by atoms with Crippen molar-refractivity contribution in [2.24, 2.45) is 0 Å². The summed E-state index contributed by atoms with van der Waals surface area (Å²) in [4.78, 5) is 0. The summed E-state index contributed by atoms with van der Waals surface area (Å²) in [5.41, 5.74) is -8.19. The van der Waals surface area contributed by atoms with Crippen molar-refractivity contribution in [3.8, 4) is 0 Å². The van der Waals surface area contributed by atoms with Gasteiger partial charge in [0.05, 0.1) is 0 Å². The van der Waals surface area contributed by atoms with Crippen LogP contribution in [0.15, 0.2) is 0 Å². The maximum atomic E-state index is 13.0. The van der Waals surface area contributed by atoms with Gasteiger partial charge in [0.15, 0.2) is 0 Å². The van der Waals surface area contributed by atoms with E-state index >= 15 is 0 Å². The molecule has 0 nitrogen and oxygen atoms in total. The summed E-state index contributed by atoms with van der Waals surface area (Å²) < 4.78 is 182. The van der Waals surface area contributed by atoms with Gasteiger partial charge in [0.25, 0.3) is 0 Å². The molecule has 0 heterocycles. The van der Waals surface area contributed by atoms with Gasteiger partial charge in [-0.2, -0.15) is 52.7 Å². The molecule has 0 spiro atoms. The Hall–Kier alpha value is -1.05. The zero-order chi connectivity index (χ0) is 18.6. The van der Waals surface area contributed by atoms with Crippen LogP contribution < -0.4 is 0 Å². The van der Waals surface area contributed by atoms with E-state index in [1.54, 1.807) is 0 Å². The van der Waals surface area contributed by atoms with Gasteiger partial charge in [-0.25, -0.2) is 13.2 Å². The van der Waals surface area contributed by atoms with Gasteiger partial charge >= 0.3 is 42.2 Å². The van der Waals surface area contributed by atoms with Crippen LogP contribution in [0.1, 0.15) is 0 Å². The molecule has 22 heavy (non-hydrogen) atoms. The van der Waals surface area contributed by atoms with E-state index in [0.29, 0.717) is 0 Å². The van der Waals surface area contributed by atoms with Crippen LogP contribution in [0, 0.1) is 0 Å². The van der Waals surface area contributed by atoms with Gasteiger partial charge in [-0.15, -0.1) is 0 Å². The first kappa shape index (κ1) is 20.9. The standard InChI is InChI=1S/C7HF15/c8-1(9)2(10,11)3(12,6(17,18)19)4(13,14)5(15,16)7(20,21)22/h1H. The third kappa shape index (κ3) is 2.45. The van der Waals surface area contributed by atoms with Gasteiger partial charge in [0, 0.05) is 0 Å². The first-order chi connectivity index (χ1) is 9.19. The summed E-state index contributed by atoms with van der Waals surface area (Å²) in [6.07, 6.45) is -21.5. The Morgan fingerprint density at radius 1 is 0.455 bits per heavy atom. The molecule has 0 radical (unpaired) electrons. The molecule has 0 aliphatic heterocycles. The Bertz CT molecular complexity index is 399. The van der Waals surface area contributed by atoms with E-state index in [1.807, 2.05) is 0 Å². The minimum absolute atomic E-state index is 5.96. The molecular weight excluding hydrogens is 369 g/mol. The normalized spacial score (nSPS) is 18.5. The Morgan fingerprint density at radius 2 is 0.773 bits per heavy atom. The molecule has 0 amide bonds. The topological polar surface area (TPSA) is 0 Å². The van der Waals surface area contributed by atoms with E-state index in [4.69, 9.17) is 0 Å². The molecule has 0 bridgehead atoms. The third-order valence-electron chi connectivity index (χ3n) is 2.31. The molecule has 0 fully saturated rings. The van der Waals surface area contributed by atoms with Gasteiger partial charge in [-0.1, -0.05) is 0 Å². The SMILES string of the molecule is FC(F)C(F)(F)C(F)(C(F)(F)F)C(F)(F)C(F)(F)C(F)(F)F. The number of hydrogen-bond acceptors (Lipinski definition) is 0. The van der Waals surface area contributed by atoms with Gasteiger partial charge in [-0.3, -0.25) is 0 Å². The molecule has 0 saturated carbocycles. The Morgan fingerprint density at radius 3 is 0.955 bits per heavy atom. The molecule has 0 aromatic heterocycles. The number of halogens is 15. The second kappa shape index (κ2) is 4.97. The summed E-state index contributed by atoms with van der Waals surface area (Å²) in [5, 5.41) is 0. The van der Waals surface area contributed by atoms with Crippen molar-refractivity contribution < 1.29 is 65.9 Å². The summed E-state index contributed by atoms with van der Waals surface area (Å²) >= 11 is 0. The molecule has 1 unspecified atom stereocenters. The lowest BCUT2D eigenvalue weighted by Crippen LogP contribution is -2.75. The van der Waals surface area contributed by atoms with Gasteiger partial charge in [-0.05, 0) is 0 Å². The lowest BCUT2D eigenvalue weighted by molar-refractivity contribution is -0.448. The molecule has 0 aromatic carbocycles. The molecule has 0 rings (SSSR count). The zero-order valence-electron chi connectivity index (χ0n) is 9.25. The van der Waals surface area contributed by atoms with Crippen LogP contribution in [0.5, 0.6) is 0 Å². The smallest absolute Gasteiger partial charge is 0.220 e. The maximum Gasteiger partial charge on any atom is 0.460 e. The van der Waals surface area contributed by atoms with E-state index in [1.165, 1.54) is 0 Å². The van der Waals surface area contributed by atoms with Crippen LogP contribution in [0.25, 0.3) is 0 Å². The minimum Gasteiger partial charge on any atom is -0.220 e. The van der Waals surface area contributed by atoms with Crippen molar-refractivity contribution in [3.63, 3.8) is 0 Å². The molecule has 0 aliphatic rings. The predicted molar refractivity (Wildman–Crippen MR) is 36.8 cm³/mol. The second-order valence-corrected chi connectivity index (χ2v) is 3.73. The largest absolute Gasteiger partial charge is 0.460 e. The fraction of sp³-hybridized carbons (Fsp3) is 1.00. The van der Waals surface area contributed by atoms with Crippen LogP contribution in [0.4, 0.5) is 65.9 Å². The summed E-state index contributed by atoms with van der Waals surface area (Å²) in [7, 11) is 0.